The van der Waals surface area contributed by atoms with Crippen LogP contribution < -0.4 is 0 Å². The summed E-state index contributed by atoms with van der Waals surface area (Å²) in [5.41, 5.74) is 0. The zero-order valence-electron chi connectivity index (χ0n) is 11.0. The highest BCUT2D eigenvalue weighted by Crippen LogP contribution is 2.34. The summed E-state index contributed by atoms with van der Waals surface area (Å²) in [6.45, 7) is 6.41. The zero-order valence-corrected chi connectivity index (χ0v) is 11.0. The predicted octanol–water partition coefficient (Wildman–Crippen LogP) is 2.97. The van der Waals surface area contributed by atoms with Crippen LogP contribution in [0.25, 0.3) is 0 Å². The predicted molar refractivity (Wildman–Crippen MR) is 67.2 cm³/mol. The maximum absolute atomic E-state index is 9.51. The van der Waals surface area contributed by atoms with Gasteiger partial charge in [0.05, 0.1) is 12.2 Å². The molecule has 0 amide bonds. The molecule has 0 aliphatic heterocycles. The van der Waals surface area contributed by atoms with Crippen LogP contribution in [0.3, 0.4) is 0 Å². The van der Waals surface area contributed by atoms with Crippen molar-refractivity contribution >= 4 is 0 Å². The number of rotatable bonds is 6. The standard InChI is InChI=1S/C14H28O2/c1-10(8-12(3)15)4-5-11(2)13-6-7-14(16)9-13/h10-16H,4-9H2,1-3H3. The largest absolute Gasteiger partial charge is 0.393 e. The van der Waals surface area contributed by atoms with E-state index in [1.54, 1.807) is 0 Å². The van der Waals surface area contributed by atoms with Crippen LogP contribution in [0.1, 0.15) is 59.3 Å². The van der Waals surface area contributed by atoms with Crippen molar-refractivity contribution in [2.45, 2.75) is 71.5 Å². The summed E-state index contributed by atoms with van der Waals surface area (Å²) >= 11 is 0. The van der Waals surface area contributed by atoms with Crippen LogP contribution in [0, 0.1) is 17.8 Å². The topological polar surface area (TPSA) is 40.5 Å². The molecule has 0 heterocycles. The van der Waals surface area contributed by atoms with Crippen LogP contribution in [0.15, 0.2) is 0 Å². The molecule has 1 rings (SSSR count). The molecular weight excluding hydrogens is 200 g/mol. The summed E-state index contributed by atoms with van der Waals surface area (Å²) in [7, 11) is 0. The van der Waals surface area contributed by atoms with E-state index < -0.39 is 0 Å². The minimum atomic E-state index is -0.168. The minimum Gasteiger partial charge on any atom is -0.393 e. The number of aliphatic hydroxyl groups is 2. The van der Waals surface area contributed by atoms with Gasteiger partial charge in [-0.2, -0.15) is 0 Å². The third-order valence-corrected chi connectivity index (χ3v) is 4.11. The molecule has 2 N–H and O–H groups in total. The second-order valence-electron chi connectivity index (χ2n) is 5.97. The van der Waals surface area contributed by atoms with E-state index in [0.29, 0.717) is 5.92 Å². The van der Waals surface area contributed by atoms with Gasteiger partial charge in [0.1, 0.15) is 0 Å². The van der Waals surface area contributed by atoms with Gasteiger partial charge in [-0.1, -0.05) is 26.7 Å². The maximum atomic E-state index is 9.51. The van der Waals surface area contributed by atoms with E-state index in [9.17, 15) is 10.2 Å². The Bertz CT molecular complexity index is 191. The van der Waals surface area contributed by atoms with Crippen molar-refractivity contribution in [1.29, 1.82) is 0 Å². The van der Waals surface area contributed by atoms with Crippen molar-refractivity contribution in [3.05, 3.63) is 0 Å². The molecule has 2 heteroatoms. The molecule has 2 nitrogen and oxygen atoms in total. The molecule has 0 aromatic rings. The lowest BCUT2D eigenvalue weighted by atomic mass is 9.85. The van der Waals surface area contributed by atoms with Crippen molar-refractivity contribution in [3.8, 4) is 0 Å². The van der Waals surface area contributed by atoms with Crippen molar-refractivity contribution in [2.24, 2.45) is 17.8 Å². The average Bonchev–Trinajstić information content (AvgIpc) is 2.60. The van der Waals surface area contributed by atoms with Gasteiger partial charge in [0.15, 0.2) is 0 Å². The number of aliphatic hydroxyl groups excluding tert-OH is 2. The molecule has 0 bridgehead atoms. The van der Waals surface area contributed by atoms with Crippen LogP contribution in [-0.4, -0.2) is 22.4 Å². The van der Waals surface area contributed by atoms with E-state index in [2.05, 4.69) is 13.8 Å². The molecule has 5 unspecified atom stereocenters. The Hall–Kier alpha value is -0.0800. The summed E-state index contributed by atoms with van der Waals surface area (Å²) < 4.78 is 0. The smallest absolute Gasteiger partial charge is 0.0543 e. The quantitative estimate of drug-likeness (QED) is 0.734. The van der Waals surface area contributed by atoms with Crippen molar-refractivity contribution < 1.29 is 10.2 Å². The first-order chi connectivity index (χ1) is 7.49. The van der Waals surface area contributed by atoms with Gasteiger partial charge in [0.25, 0.3) is 0 Å². The molecule has 0 spiro atoms. The molecule has 0 aromatic carbocycles. The Labute approximate surface area is 100 Å². The molecule has 0 saturated heterocycles. The van der Waals surface area contributed by atoms with Gasteiger partial charge in [-0.25, -0.2) is 0 Å². The summed E-state index contributed by atoms with van der Waals surface area (Å²) in [6.07, 6.45) is 6.36. The summed E-state index contributed by atoms with van der Waals surface area (Å²) in [6, 6.07) is 0. The van der Waals surface area contributed by atoms with Crippen LogP contribution in [0.2, 0.25) is 0 Å². The highest BCUT2D eigenvalue weighted by molar-refractivity contribution is 4.78. The Morgan fingerprint density at radius 2 is 1.81 bits per heavy atom. The van der Waals surface area contributed by atoms with Gasteiger partial charge in [-0.3, -0.25) is 0 Å². The fraction of sp³-hybridized carbons (Fsp3) is 1.00. The van der Waals surface area contributed by atoms with E-state index in [4.69, 9.17) is 0 Å². The molecule has 1 fully saturated rings. The van der Waals surface area contributed by atoms with Crippen LogP contribution in [0.5, 0.6) is 0 Å². The van der Waals surface area contributed by atoms with Gasteiger partial charge >= 0.3 is 0 Å². The van der Waals surface area contributed by atoms with Gasteiger partial charge < -0.3 is 10.2 Å². The van der Waals surface area contributed by atoms with E-state index in [0.717, 1.165) is 31.1 Å². The summed E-state index contributed by atoms with van der Waals surface area (Å²) in [5, 5.41) is 18.8. The van der Waals surface area contributed by atoms with E-state index in [-0.39, 0.29) is 12.2 Å². The molecule has 1 saturated carbocycles. The lowest BCUT2D eigenvalue weighted by Crippen LogP contribution is -2.13. The van der Waals surface area contributed by atoms with Crippen LogP contribution >= 0.6 is 0 Å². The molecule has 16 heavy (non-hydrogen) atoms. The van der Waals surface area contributed by atoms with Crippen molar-refractivity contribution in [2.75, 3.05) is 0 Å². The highest BCUT2D eigenvalue weighted by atomic mass is 16.3. The second kappa shape index (κ2) is 6.61. The van der Waals surface area contributed by atoms with Crippen LogP contribution in [0.4, 0.5) is 0 Å². The van der Waals surface area contributed by atoms with Gasteiger partial charge in [0, 0.05) is 0 Å². The molecule has 1 aliphatic rings. The second-order valence-corrected chi connectivity index (χ2v) is 5.97. The monoisotopic (exact) mass is 228 g/mol. The van der Waals surface area contributed by atoms with Crippen molar-refractivity contribution in [1.82, 2.24) is 0 Å². The van der Waals surface area contributed by atoms with Crippen LogP contribution in [-0.2, 0) is 0 Å². The maximum Gasteiger partial charge on any atom is 0.0543 e. The summed E-state index contributed by atoms with van der Waals surface area (Å²) in [5.74, 6) is 2.08. The first-order valence-corrected chi connectivity index (χ1v) is 6.85. The third-order valence-electron chi connectivity index (χ3n) is 4.11. The Morgan fingerprint density at radius 3 is 2.31 bits per heavy atom. The molecular formula is C14H28O2. The lowest BCUT2D eigenvalue weighted by molar-refractivity contribution is 0.155. The summed E-state index contributed by atoms with van der Waals surface area (Å²) in [4.78, 5) is 0. The van der Waals surface area contributed by atoms with Gasteiger partial charge in [-0.05, 0) is 50.4 Å². The number of hydrogen-bond acceptors (Lipinski definition) is 2. The Morgan fingerprint density at radius 1 is 1.12 bits per heavy atom. The van der Waals surface area contributed by atoms with Gasteiger partial charge in [0.2, 0.25) is 0 Å². The molecule has 5 atom stereocenters. The first-order valence-electron chi connectivity index (χ1n) is 6.85. The zero-order chi connectivity index (χ0) is 12.1. The fourth-order valence-electron chi connectivity index (χ4n) is 2.99. The van der Waals surface area contributed by atoms with E-state index >= 15 is 0 Å². The number of hydrogen-bond donors (Lipinski definition) is 2. The fourth-order valence-corrected chi connectivity index (χ4v) is 2.99. The minimum absolute atomic E-state index is 0.0395. The van der Waals surface area contributed by atoms with Gasteiger partial charge in [-0.15, -0.1) is 0 Å². The Kier molecular flexibility index (Phi) is 5.77. The molecule has 0 aromatic heterocycles. The Balaban J connectivity index is 2.16. The van der Waals surface area contributed by atoms with E-state index in [1.165, 1.54) is 19.3 Å². The lowest BCUT2D eigenvalue weighted by Gasteiger charge is -2.21. The SMILES string of the molecule is CC(O)CC(C)CCC(C)C1CCC(O)C1. The average molecular weight is 228 g/mol. The highest BCUT2D eigenvalue weighted by Gasteiger charge is 2.27. The first kappa shape index (κ1) is 14.0. The molecule has 0 radical (unpaired) electrons. The van der Waals surface area contributed by atoms with Crippen molar-refractivity contribution in [3.63, 3.8) is 0 Å². The molecule has 96 valence electrons. The normalized spacial score (nSPS) is 31.3. The van der Waals surface area contributed by atoms with E-state index in [1.807, 2.05) is 6.92 Å². The molecule has 1 aliphatic carbocycles. The third kappa shape index (κ3) is 4.84.